The van der Waals surface area contributed by atoms with Crippen molar-refractivity contribution in [3.05, 3.63) is 96.1 Å². The van der Waals surface area contributed by atoms with Crippen LogP contribution < -0.4 is 0 Å². The summed E-state index contributed by atoms with van der Waals surface area (Å²) >= 11 is 0. The third kappa shape index (κ3) is 8.15. The molecule has 210 valence electrons. The van der Waals surface area contributed by atoms with E-state index in [1.54, 1.807) is 51.4 Å². The molecule has 0 fully saturated rings. The zero-order valence-corrected chi connectivity index (χ0v) is 24.3. The molecule has 4 rings (SSSR count). The minimum atomic E-state index is -0.586. The van der Waals surface area contributed by atoms with Crippen molar-refractivity contribution in [1.82, 2.24) is 19.9 Å². The fourth-order valence-electron chi connectivity index (χ4n) is 3.51. The molecule has 2 aromatic carbocycles. The van der Waals surface area contributed by atoms with E-state index in [-0.39, 0.29) is 23.0 Å². The van der Waals surface area contributed by atoms with E-state index in [1.807, 2.05) is 34.6 Å². The maximum absolute atomic E-state index is 14.1. The highest BCUT2D eigenvalue weighted by atomic mass is 19.1. The molecule has 2 aromatic heterocycles. The Morgan fingerprint density at radius 1 is 0.625 bits per heavy atom. The van der Waals surface area contributed by atoms with Crippen LogP contribution in [-0.4, -0.2) is 31.5 Å². The van der Waals surface area contributed by atoms with Gasteiger partial charge in [0.1, 0.15) is 11.6 Å². The zero-order valence-electron chi connectivity index (χ0n) is 24.3. The van der Waals surface area contributed by atoms with Crippen molar-refractivity contribution >= 4 is 11.6 Å². The van der Waals surface area contributed by atoms with E-state index >= 15 is 0 Å². The quantitative estimate of drug-likeness (QED) is 0.241. The molecule has 0 aliphatic heterocycles. The number of ketones is 2. The Kier molecular flexibility index (Phi) is 11.0. The Balaban J connectivity index is 0.000000264. The lowest BCUT2D eigenvalue weighted by molar-refractivity contribution is 0.0853. The molecular formula is C32H36F2N4O2. The summed E-state index contributed by atoms with van der Waals surface area (Å²) in [5, 5.41) is 0. The summed E-state index contributed by atoms with van der Waals surface area (Å²) in [5.41, 5.74) is 0.237. The van der Waals surface area contributed by atoms with Crippen LogP contribution in [0.25, 0.3) is 22.8 Å². The number of nitrogens with zero attached hydrogens (tertiary/aromatic N) is 4. The van der Waals surface area contributed by atoms with Crippen LogP contribution in [0.2, 0.25) is 0 Å². The summed E-state index contributed by atoms with van der Waals surface area (Å²) in [7, 11) is 0. The maximum atomic E-state index is 14.1. The molecule has 0 saturated carbocycles. The molecule has 4 aromatic rings. The standard InChI is InChI=1S/2C15H15FN2O.C2H6/c1-15(2,3)13(19)11-6-5-10(16)9-12(11)14-17-7-4-8-18-14;1-15(2,3)13(19)10-6-4-7-11(16)12(10)14-17-8-5-9-18-14;1-2/h2*4-9H,1-3H3;1-2H3. The number of rotatable bonds is 4. The molecule has 0 saturated heterocycles. The second kappa shape index (κ2) is 13.7. The Bertz CT molecular complexity index is 1430. The van der Waals surface area contributed by atoms with E-state index in [0.29, 0.717) is 22.5 Å². The smallest absolute Gasteiger partial charge is 0.169 e. The van der Waals surface area contributed by atoms with Gasteiger partial charge in [0.2, 0.25) is 0 Å². The lowest BCUT2D eigenvalue weighted by Gasteiger charge is -2.18. The first-order valence-electron chi connectivity index (χ1n) is 13.0. The van der Waals surface area contributed by atoms with Crippen molar-refractivity contribution in [1.29, 1.82) is 0 Å². The molecule has 0 bridgehead atoms. The number of carbonyl (C=O) groups excluding carboxylic acids is 2. The first-order chi connectivity index (χ1) is 18.8. The van der Waals surface area contributed by atoms with Gasteiger partial charge in [0.15, 0.2) is 23.2 Å². The predicted molar refractivity (Wildman–Crippen MR) is 154 cm³/mol. The normalized spacial score (nSPS) is 10.9. The van der Waals surface area contributed by atoms with Gasteiger partial charge in [0, 0.05) is 52.3 Å². The molecule has 0 spiro atoms. The molecule has 0 radical (unpaired) electrons. The topological polar surface area (TPSA) is 85.7 Å². The highest BCUT2D eigenvalue weighted by Crippen LogP contribution is 2.30. The summed E-state index contributed by atoms with van der Waals surface area (Å²) in [6, 6.07) is 11.9. The average molecular weight is 547 g/mol. The van der Waals surface area contributed by atoms with Gasteiger partial charge < -0.3 is 0 Å². The van der Waals surface area contributed by atoms with E-state index in [4.69, 9.17) is 0 Å². The van der Waals surface area contributed by atoms with Crippen LogP contribution in [0.5, 0.6) is 0 Å². The molecule has 0 aliphatic rings. The van der Waals surface area contributed by atoms with Gasteiger partial charge in [0.05, 0.1) is 5.56 Å². The van der Waals surface area contributed by atoms with Crippen molar-refractivity contribution < 1.29 is 18.4 Å². The molecule has 6 nitrogen and oxygen atoms in total. The van der Waals surface area contributed by atoms with Gasteiger partial charge in [0.25, 0.3) is 0 Å². The number of hydrogen-bond donors (Lipinski definition) is 0. The van der Waals surface area contributed by atoms with Gasteiger partial charge in [-0.15, -0.1) is 0 Å². The number of carbonyl (C=O) groups is 2. The van der Waals surface area contributed by atoms with E-state index in [0.717, 1.165) is 0 Å². The summed E-state index contributed by atoms with van der Waals surface area (Å²) in [4.78, 5) is 41.0. The summed E-state index contributed by atoms with van der Waals surface area (Å²) in [5.74, 6) is -0.499. The second-order valence-electron chi connectivity index (χ2n) is 10.7. The molecule has 0 atom stereocenters. The Hall–Kier alpha value is -4.20. The van der Waals surface area contributed by atoms with Gasteiger partial charge >= 0.3 is 0 Å². The first kappa shape index (κ1) is 32.0. The number of benzene rings is 2. The van der Waals surface area contributed by atoms with Crippen LogP contribution in [0.15, 0.2) is 73.3 Å². The summed E-state index contributed by atoms with van der Waals surface area (Å²) in [6.45, 7) is 14.9. The zero-order chi connectivity index (χ0) is 30.1. The fraction of sp³-hybridized carbons (Fsp3) is 0.312. The number of hydrogen-bond acceptors (Lipinski definition) is 6. The van der Waals surface area contributed by atoms with Gasteiger partial charge in [-0.25, -0.2) is 28.7 Å². The minimum Gasteiger partial charge on any atom is -0.294 e. The van der Waals surface area contributed by atoms with Gasteiger partial charge in [-0.2, -0.15) is 0 Å². The van der Waals surface area contributed by atoms with Gasteiger partial charge in [-0.1, -0.05) is 67.5 Å². The average Bonchev–Trinajstić information content (AvgIpc) is 2.93. The lowest BCUT2D eigenvalue weighted by Crippen LogP contribution is -2.21. The van der Waals surface area contributed by atoms with Crippen LogP contribution in [0.3, 0.4) is 0 Å². The second-order valence-corrected chi connectivity index (χ2v) is 10.7. The third-order valence-corrected chi connectivity index (χ3v) is 5.44. The van der Waals surface area contributed by atoms with E-state index < -0.39 is 22.5 Å². The van der Waals surface area contributed by atoms with E-state index in [1.165, 1.54) is 42.7 Å². The van der Waals surface area contributed by atoms with Crippen LogP contribution >= 0.6 is 0 Å². The summed E-state index contributed by atoms with van der Waals surface area (Å²) < 4.78 is 27.5. The highest BCUT2D eigenvalue weighted by molar-refractivity contribution is 6.05. The Labute approximate surface area is 235 Å². The minimum absolute atomic E-state index is 0.0602. The lowest BCUT2D eigenvalue weighted by atomic mass is 9.84. The molecule has 8 heteroatoms. The maximum Gasteiger partial charge on any atom is 0.169 e. The van der Waals surface area contributed by atoms with Crippen LogP contribution in [-0.2, 0) is 0 Å². The summed E-state index contributed by atoms with van der Waals surface area (Å²) in [6.07, 6.45) is 6.19. The molecule has 2 heterocycles. The molecule has 0 aliphatic carbocycles. The highest BCUT2D eigenvalue weighted by Gasteiger charge is 2.28. The van der Waals surface area contributed by atoms with Gasteiger partial charge in [-0.05, 0) is 36.4 Å². The van der Waals surface area contributed by atoms with Crippen LogP contribution in [0, 0.1) is 22.5 Å². The third-order valence-electron chi connectivity index (χ3n) is 5.44. The SMILES string of the molecule is CC.CC(C)(C)C(=O)c1ccc(F)cc1-c1ncccn1.CC(C)(C)C(=O)c1cccc(F)c1-c1ncccn1. The van der Waals surface area contributed by atoms with E-state index in [2.05, 4.69) is 19.9 Å². The van der Waals surface area contributed by atoms with Crippen LogP contribution in [0.4, 0.5) is 8.78 Å². The van der Waals surface area contributed by atoms with Crippen molar-refractivity contribution in [3.63, 3.8) is 0 Å². The number of halogens is 2. The number of Topliss-reactive ketones (excluding diaryl/α,β-unsaturated/α-hetero) is 2. The fourth-order valence-corrected chi connectivity index (χ4v) is 3.51. The molecule has 40 heavy (non-hydrogen) atoms. The van der Waals surface area contributed by atoms with Crippen molar-refractivity contribution in [2.24, 2.45) is 10.8 Å². The first-order valence-corrected chi connectivity index (χ1v) is 13.0. The van der Waals surface area contributed by atoms with Crippen LogP contribution in [0.1, 0.15) is 76.1 Å². The Morgan fingerprint density at radius 3 is 1.60 bits per heavy atom. The van der Waals surface area contributed by atoms with Crippen molar-refractivity contribution in [2.75, 3.05) is 0 Å². The number of aromatic nitrogens is 4. The monoisotopic (exact) mass is 546 g/mol. The molecule has 0 amide bonds. The van der Waals surface area contributed by atoms with Crippen molar-refractivity contribution in [3.8, 4) is 22.8 Å². The van der Waals surface area contributed by atoms with Gasteiger partial charge in [-0.3, -0.25) is 9.59 Å². The largest absolute Gasteiger partial charge is 0.294 e. The van der Waals surface area contributed by atoms with Crippen molar-refractivity contribution in [2.45, 2.75) is 55.4 Å². The Morgan fingerprint density at radius 2 is 1.10 bits per heavy atom. The molecule has 0 unspecified atom stereocenters. The van der Waals surface area contributed by atoms with E-state index in [9.17, 15) is 18.4 Å². The molecule has 0 N–H and O–H groups in total. The predicted octanol–water partition coefficient (Wildman–Crippen LogP) is 8.05. The molecular weight excluding hydrogens is 510 g/mol.